The molecule has 0 bridgehead atoms. The van der Waals surface area contributed by atoms with Gasteiger partial charge in [0, 0.05) is 36.6 Å². The number of hydrogen-bond acceptors (Lipinski definition) is 5. The maximum atomic E-state index is 12.4. The second kappa shape index (κ2) is 9.71. The van der Waals surface area contributed by atoms with Gasteiger partial charge in [-0.2, -0.15) is 0 Å². The van der Waals surface area contributed by atoms with Gasteiger partial charge < -0.3 is 15.0 Å². The van der Waals surface area contributed by atoms with Gasteiger partial charge in [-0.05, 0) is 31.7 Å². The minimum Gasteiger partial charge on any atom is -0.376 e. The normalized spacial score (nSPS) is 16.4. The molecular formula is C20H25N3O3S. The number of rotatable bonds is 8. The molecule has 1 unspecified atom stereocenters. The van der Waals surface area contributed by atoms with Crippen LogP contribution in [0.2, 0.25) is 0 Å². The van der Waals surface area contributed by atoms with E-state index >= 15 is 0 Å². The van der Waals surface area contributed by atoms with Crippen LogP contribution in [-0.4, -0.2) is 35.1 Å². The van der Waals surface area contributed by atoms with Gasteiger partial charge in [-0.1, -0.05) is 42.1 Å². The number of amides is 1. The molecule has 2 aromatic rings. The fourth-order valence-corrected chi connectivity index (χ4v) is 3.90. The number of aryl methyl sites for hydroxylation is 1. The number of ether oxygens (including phenoxy) is 1. The molecule has 3 rings (SSSR count). The Morgan fingerprint density at radius 2 is 2.19 bits per heavy atom. The van der Waals surface area contributed by atoms with Crippen molar-refractivity contribution in [1.82, 2.24) is 15.3 Å². The number of benzene rings is 1. The molecule has 0 saturated carbocycles. The molecule has 7 heteroatoms. The van der Waals surface area contributed by atoms with E-state index in [4.69, 9.17) is 4.74 Å². The Kier molecular flexibility index (Phi) is 7.06. The standard InChI is InChI=1S/C20H25N3O3S/c1-14-17(9-10-18(24)21-12-16-8-5-11-26-16)19(25)23-20(22-14)27-13-15-6-3-2-4-7-15/h2-4,6-7,16H,5,8-13H2,1H3,(H,21,24)(H,22,23,25). The fourth-order valence-electron chi connectivity index (χ4n) is 3.03. The van der Waals surface area contributed by atoms with Crippen molar-refractivity contribution in [3.05, 3.63) is 57.5 Å². The second-order valence-corrected chi connectivity index (χ2v) is 7.61. The van der Waals surface area contributed by atoms with Gasteiger partial charge in [0.05, 0.1) is 6.10 Å². The van der Waals surface area contributed by atoms with E-state index in [1.54, 1.807) is 0 Å². The molecule has 0 aliphatic carbocycles. The fraction of sp³-hybridized carbons (Fsp3) is 0.450. The first-order valence-corrected chi connectivity index (χ1v) is 10.2. The minimum absolute atomic E-state index is 0.0631. The molecule has 1 saturated heterocycles. The van der Waals surface area contributed by atoms with Crippen molar-refractivity contribution in [1.29, 1.82) is 0 Å². The highest BCUT2D eigenvalue weighted by molar-refractivity contribution is 7.98. The zero-order valence-electron chi connectivity index (χ0n) is 15.5. The molecule has 0 radical (unpaired) electrons. The number of carbonyl (C=O) groups is 1. The SMILES string of the molecule is Cc1nc(SCc2ccccc2)[nH]c(=O)c1CCC(=O)NCC1CCCO1. The quantitative estimate of drug-likeness (QED) is 0.537. The Balaban J connectivity index is 1.51. The summed E-state index contributed by atoms with van der Waals surface area (Å²) < 4.78 is 5.49. The van der Waals surface area contributed by atoms with Crippen LogP contribution in [0.3, 0.4) is 0 Å². The monoisotopic (exact) mass is 387 g/mol. The summed E-state index contributed by atoms with van der Waals surface area (Å²) in [7, 11) is 0. The Morgan fingerprint density at radius 3 is 2.89 bits per heavy atom. The van der Waals surface area contributed by atoms with Gasteiger partial charge in [-0.15, -0.1) is 0 Å². The van der Waals surface area contributed by atoms with Crippen molar-refractivity contribution in [2.75, 3.05) is 13.2 Å². The zero-order valence-corrected chi connectivity index (χ0v) is 16.3. The maximum absolute atomic E-state index is 12.4. The largest absolute Gasteiger partial charge is 0.376 e. The lowest BCUT2D eigenvalue weighted by Gasteiger charge is -2.11. The predicted octanol–water partition coefficient (Wildman–Crippen LogP) is 2.60. The third-order valence-electron chi connectivity index (χ3n) is 4.57. The topological polar surface area (TPSA) is 84.1 Å². The van der Waals surface area contributed by atoms with E-state index in [1.807, 2.05) is 37.3 Å². The molecule has 6 nitrogen and oxygen atoms in total. The summed E-state index contributed by atoms with van der Waals surface area (Å²) in [5.74, 6) is 0.681. The van der Waals surface area contributed by atoms with Gasteiger partial charge in [0.25, 0.3) is 5.56 Å². The molecule has 1 amide bonds. The summed E-state index contributed by atoms with van der Waals surface area (Å²) in [5.41, 5.74) is 2.27. The van der Waals surface area contributed by atoms with Gasteiger partial charge in [-0.25, -0.2) is 4.98 Å². The van der Waals surface area contributed by atoms with Crippen molar-refractivity contribution in [3.8, 4) is 0 Å². The number of nitrogens with one attached hydrogen (secondary N) is 2. The molecule has 144 valence electrons. The first-order valence-electron chi connectivity index (χ1n) is 9.26. The molecule has 0 spiro atoms. The molecule has 2 N–H and O–H groups in total. The number of H-pyrrole nitrogens is 1. The van der Waals surface area contributed by atoms with Gasteiger partial charge >= 0.3 is 0 Å². The van der Waals surface area contributed by atoms with Gasteiger partial charge in [-0.3, -0.25) is 9.59 Å². The summed E-state index contributed by atoms with van der Waals surface area (Å²) in [5, 5.41) is 3.49. The van der Waals surface area contributed by atoms with Crippen LogP contribution in [0.1, 0.15) is 36.1 Å². The number of nitrogens with zero attached hydrogens (tertiary/aromatic N) is 1. The molecule has 1 fully saturated rings. The van der Waals surface area contributed by atoms with Crippen molar-refractivity contribution in [2.45, 2.75) is 49.6 Å². The molecule has 1 aliphatic rings. The summed E-state index contributed by atoms with van der Waals surface area (Å²) in [6, 6.07) is 10.0. The van der Waals surface area contributed by atoms with Crippen molar-refractivity contribution >= 4 is 17.7 Å². The van der Waals surface area contributed by atoms with Crippen molar-refractivity contribution in [3.63, 3.8) is 0 Å². The van der Waals surface area contributed by atoms with E-state index in [1.165, 1.54) is 17.3 Å². The summed E-state index contributed by atoms with van der Waals surface area (Å²) in [6.07, 6.45) is 2.83. The highest BCUT2D eigenvalue weighted by Gasteiger charge is 2.16. The van der Waals surface area contributed by atoms with Crippen LogP contribution in [-0.2, 0) is 21.7 Å². The highest BCUT2D eigenvalue weighted by Crippen LogP contribution is 2.19. The van der Waals surface area contributed by atoms with E-state index in [0.29, 0.717) is 29.4 Å². The number of carbonyl (C=O) groups excluding carboxylic acids is 1. The molecular weight excluding hydrogens is 362 g/mol. The molecule has 1 atom stereocenters. The van der Waals surface area contributed by atoms with Gasteiger partial charge in [0.1, 0.15) is 0 Å². The number of aromatic amines is 1. The molecule has 27 heavy (non-hydrogen) atoms. The summed E-state index contributed by atoms with van der Waals surface area (Å²) in [4.78, 5) is 31.7. The lowest BCUT2D eigenvalue weighted by molar-refractivity contribution is -0.121. The van der Waals surface area contributed by atoms with E-state index in [2.05, 4.69) is 15.3 Å². The van der Waals surface area contributed by atoms with Crippen LogP contribution in [0.25, 0.3) is 0 Å². The first-order chi connectivity index (χ1) is 13.1. The first kappa shape index (κ1) is 19.6. The van der Waals surface area contributed by atoms with E-state index in [0.717, 1.165) is 25.2 Å². The van der Waals surface area contributed by atoms with E-state index < -0.39 is 0 Å². The van der Waals surface area contributed by atoms with Crippen LogP contribution in [0, 0.1) is 6.92 Å². The van der Waals surface area contributed by atoms with Crippen LogP contribution < -0.4 is 10.9 Å². The molecule has 2 heterocycles. The Labute approximate surface area is 163 Å². The minimum atomic E-state index is -0.162. The molecule has 1 aromatic heterocycles. The lowest BCUT2D eigenvalue weighted by Crippen LogP contribution is -2.32. The zero-order chi connectivity index (χ0) is 19.1. The van der Waals surface area contributed by atoms with Crippen molar-refractivity contribution < 1.29 is 9.53 Å². The Bertz CT molecular complexity index is 817. The number of hydrogen-bond donors (Lipinski definition) is 2. The van der Waals surface area contributed by atoms with Crippen molar-refractivity contribution in [2.24, 2.45) is 0 Å². The molecule has 1 aromatic carbocycles. The average molecular weight is 388 g/mol. The smallest absolute Gasteiger partial charge is 0.254 e. The summed E-state index contributed by atoms with van der Waals surface area (Å²) in [6.45, 7) is 3.14. The molecule has 1 aliphatic heterocycles. The van der Waals surface area contributed by atoms with Gasteiger partial charge in [0.15, 0.2) is 5.16 Å². The number of aromatic nitrogens is 2. The van der Waals surface area contributed by atoms with Crippen LogP contribution in [0.5, 0.6) is 0 Å². The predicted molar refractivity (Wildman–Crippen MR) is 106 cm³/mol. The lowest BCUT2D eigenvalue weighted by atomic mass is 10.1. The third-order valence-corrected chi connectivity index (χ3v) is 5.52. The average Bonchev–Trinajstić information content (AvgIpc) is 3.18. The Morgan fingerprint density at radius 1 is 1.37 bits per heavy atom. The third kappa shape index (κ3) is 5.94. The highest BCUT2D eigenvalue weighted by atomic mass is 32.2. The second-order valence-electron chi connectivity index (χ2n) is 6.65. The number of thioether (sulfide) groups is 1. The van der Waals surface area contributed by atoms with E-state index in [9.17, 15) is 9.59 Å². The summed E-state index contributed by atoms with van der Waals surface area (Å²) >= 11 is 1.50. The maximum Gasteiger partial charge on any atom is 0.254 e. The van der Waals surface area contributed by atoms with Crippen LogP contribution in [0.4, 0.5) is 0 Å². The van der Waals surface area contributed by atoms with E-state index in [-0.39, 0.29) is 24.0 Å². The van der Waals surface area contributed by atoms with Crippen LogP contribution >= 0.6 is 11.8 Å². The van der Waals surface area contributed by atoms with Gasteiger partial charge in [0.2, 0.25) is 5.91 Å². The van der Waals surface area contributed by atoms with Crippen LogP contribution in [0.15, 0.2) is 40.3 Å². The Hall–Kier alpha value is -2.12.